The van der Waals surface area contributed by atoms with Crippen molar-refractivity contribution >= 4 is 43.7 Å². The number of nitrogens with zero attached hydrogens (tertiary/aromatic N) is 1. The molecule has 65 heavy (non-hydrogen) atoms. The largest absolute Gasteiger partial charge is 0.456 e. The van der Waals surface area contributed by atoms with Gasteiger partial charge in [0.2, 0.25) is 0 Å². The van der Waals surface area contributed by atoms with Crippen molar-refractivity contribution in [2.75, 3.05) is 0 Å². The fraction of sp³-hybridized carbons (Fsp3) is 0.0476. The zero-order valence-electron chi connectivity index (χ0n) is 35.6. The Bertz CT molecular complexity index is 3830. The third-order valence-electron chi connectivity index (χ3n) is 14.7. The van der Waals surface area contributed by atoms with Crippen molar-refractivity contribution in [3.05, 3.63) is 269 Å². The van der Waals surface area contributed by atoms with E-state index in [2.05, 4.69) is 223 Å². The lowest BCUT2D eigenvalue weighted by Crippen LogP contribution is -2.28. The molecule has 0 saturated heterocycles. The van der Waals surface area contributed by atoms with Gasteiger partial charge < -0.3 is 8.98 Å². The van der Waals surface area contributed by atoms with Gasteiger partial charge in [-0.25, -0.2) is 0 Å². The van der Waals surface area contributed by atoms with Crippen LogP contribution in [-0.2, 0) is 11.8 Å². The Morgan fingerprint density at radius 2 is 1.05 bits per heavy atom. The van der Waals surface area contributed by atoms with E-state index in [-0.39, 0.29) is 5.92 Å². The summed E-state index contributed by atoms with van der Waals surface area (Å²) >= 11 is 0. The molecule has 0 spiro atoms. The minimum absolute atomic E-state index is 0.212. The predicted octanol–water partition coefficient (Wildman–Crippen LogP) is 16.1. The van der Waals surface area contributed by atoms with Crippen LogP contribution in [0, 0.1) is 0 Å². The molecule has 0 fully saturated rings. The van der Waals surface area contributed by atoms with Crippen molar-refractivity contribution in [2.45, 2.75) is 17.8 Å². The number of benzene rings is 10. The van der Waals surface area contributed by atoms with E-state index >= 15 is 0 Å². The van der Waals surface area contributed by atoms with Gasteiger partial charge in [0.15, 0.2) is 0 Å². The fourth-order valence-electron chi connectivity index (χ4n) is 11.8. The van der Waals surface area contributed by atoms with E-state index in [0.717, 1.165) is 34.0 Å². The first-order chi connectivity index (χ1) is 32.2. The second-order valence-electron chi connectivity index (χ2n) is 17.9. The van der Waals surface area contributed by atoms with Crippen LogP contribution in [0.15, 0.2) is 235 Å². The van der Waals surface area contributed by atoms with Crippen molar-refractivity contribution in [3.8, 4) is 39.1 Å². The standard InChI is InChI=1S/C63H41NO/c1-3-15-44(16-4-1)63(45-17-5-2-6-18-45)57-24-12-9-21-49(57)50-32-29-43(38-58(50)63)55-37-42-28-27-40(35-54(42)47-19-7-8-20-48(47)55)41-30-34-60-56(36-41)51-22-10-13-25-59(51)64(60)46-31-33-53-52-23-11-14-26-61(52)65-62(53)39-46/h1-36,38-39,55H,37H2. The lowest BCUT2D eigenvalue weighted by molar-refractivity contribution is 0.668. The number of rotatable bonds is 5. The minimum Gasteiger partial charge on any atom is -0.456 e. The van der Waals surface area contributed by atoms with E-state index in [0.29, 0.717) is 0 Å². The maximum absolute atomic E-state index is 6.35. The molecule has 12 aromatic rings. The second-order valence-corrected chi connectivity index (χ2v) is 17.9. The van der Waals surface area contributed by atoms with Gasteiger partial charge in [-0.3, -0.25) is 0 Å². The van der Waals surface area contributed by atoms with Crippen LogP contribution in [0.2, 0.25) is 0 Å². The molecule has 2 nitrogen and oxygen atoms in total. The molecule has 0 aliphatic heterocycles. The first-order valence-electron chi connectivity index (χ1n) is 22.8. The molecular weight excluding hydrogens is 787 g/mol. The van der Waals surface area contributed by atoms with Gasteiger partial charge in [0.25, 0.3) is 0 Å². The van der Waals surface area contributed by atoms with Crippen molar-refractivity contribution in [3.63, 3.8) is 0 Å². The zero-order valence-corrected chi connectivity index (χ0v) is 35.6. The van der Waals surface area contributed by atoms with Crippen molar-refractivity contribution in [1.82, 2.24) is 4.57 Å². The number of furan rings is 1. The highest BCUT2D eigenvalue weighted by atomic mass is 16.3. The van der Waals surface area contributed by atoms with Gasteiger partial charge in [-0.05, 0) is 121 Å². The van der Waals surface area contributed by atoms with Crippen molar-refractivity contribution in [2.24, 2.45) is 0 Å². The lowest BCUT2D eigenvalue weighted by Gasteiger charge is -2.35. The van der Waals surface area contributed by atoms with E-state index in [1.54, 1.807) is 0 Å². The van der Waals surface area contributed by atoms with Gasteiger partial charge in [-0.15, -0.1) is 0 Å². The van der Waals surface area contributed by atoms with Crippen LogP contribution in [0.1, 0.15) is 44.9 Å². The Morgan fingerprint density at radius 1 is 0.400 bits per heavy atom. The summed E-state index contributed by atoms with van der Waals surface area (Å²) in [5.74, 6) is 0.212. The zero-order chi connectivity index (χ0) is 42.6. The highest BCUT2D eigenvalue weighted by Gasteiger charge is 2.46. The van der Waals surface area contributed by atoms with E-state index in [4.69, 9.17) is 4.42 Å². The molecule has 2 heterocycles. The Kier molecular flexibility index (Phi) is 7.76. The molecule has 2 aliphatic carbocycles. The molecule has 10 aromatic carbocycles. The first-order valence-corrected chi connectivity index (χ1v) is 22.8. The van der Waals surface area contributed by atoms with Gasteiger partial charge in [0.1, 0.15) is 11.2 Å². The molecule has 0 bridgehead atoms. The Balaban J connectivity index is 0.873. The molecule has 0 amide bonds. The van der Waals surface area contributed by atoms with Crippen LogP contribution in [0.5, 0.6) is 0 Å². The molecule has 2 aromatic heterocycles. The van der Waals surface area contributed by atoms with Crippen molar-refractivity contribution in [1.29, 1.82) is 0 Å². The smallest absolute Gasteiger partial charge is 0.137 e. The molecule has 1 unspecified atom stereocenters. The highest BCUT2D eigenvalue weighted by molar-refractivity contribution is 6.11. The summed E-state index contributed by atoms with van der Waals surface area (Å²) in [5, 5.41) is 4.76. The lowest BCUT2D eigenvalue weighted by atomic mass is 9.67. The summed E-state index contributed by atoms with van der Waals surface area (Å²) in [7, 11) is 0. The molecule has 2 aliphatic rings. The van der Waals surface area contributed by atoms with Crippen LogP contribution >= 0.6 is 0 Å². The normalized spacial score (nSPS) is 14.7. The van der Waals surface area contributed by atoms with Crippen LogP contribution in [0.3, 0.4) is 0 Å². The minimum atomic E-state index is -0.430. The maximum Gasteiger partial charge on any atom is 0.137 e. The Labute approximate surface area is 377 Å². The molecule has 14 rings (SSSR count). The molecule has 0 radical (unpaired) electrons. The summed E-state index contributed by atoms with van der Waals surface area (Å²) in [6.45, 7) is 0. The van der Waals surface area contributed by atoms with Crippen LogP contribution in [0.4, 0.5) is 0 Å². The number of fused-ring (bicyclic) bond motifs is 12. The summed E-state index contributed by atoms with van der Waals surface area (Å²) in [6, 6.07) is 85.6. The van der Waals surface area contributed by atoms with E-state index in [9.17, 15) is 0 Å². The van der Waals surface area contributed by atoms with Gasteiger partial charge in [0.05, 0.1) is 16.4 Å². The monoisotopic (exact) mass is 827 g/mol. The quantitative estimate of drug-likeness (QED) is 0.169. The summed E-state index contributed by atoms with van der Waals surface area (Å²) in [6.07, 6.45) is 0.935. The molecule has 0 saturated carbocycles. The van der Waals surface area contributed by atoms with E-state index < -0.39 is 5.41 Å². The van der Waals surface area contributed by atoms with Crippen molar-refractivity contribution < 1.29 is 4.42 Å². The molecule has 0 N–H and O–H groups in total. The first kappa shape index (κ1) is 36.3. The number of aromatic nitrogens is 1. The summed E-state index contributed by atoms with van der Waals surface area (Å²) < 4.78 is 8.73. The average molecular weight is 828 g/mol. The fourth-order valence-corrected chi connectivity index (χ4v) is 11.8. The SMILES string of the molecule is c1ccc(C2(c3ccccc3)c3ccccc3-c3ccc(C4Cc5ccc(-c6ccc7c(c6)c6ccccc6n7-c6ccc7c(c6)oc6ccccc67)cc5-c5ccccc54)cc32)cc1. The van der Waals surface area contributed by atoms with Crippen LogP contribution in [0.25, 0.3) is 82.8 Å². The number of hydrogen-bond donors (Lipinski definition) is 0. The van der Waals surface area contributed by atoms with Crippen LogP contribution < -0.4 is 0 Å². The summed E-state index contributed by atoms with van der Waals surface area (Å²) in [5.41, 5.74) is 22.0. The Hall–Kier alpha value is -8.20. The van der Waals surface area contributed by atoms with E-state index in [1.807, 2.05) is 12.1 Å². The maximum atomic E-state index is 6.35. The molecular formula is C63H41NO. The molecule has 1 atom stereocenters. The van der Waals surface area contributed by atoms with Gasteiger partial charge in [-0.2, -0.15) is 0 Å². The topological polar surface area (TPSA) is 18.1 Å². The van der Waals surface area contributed by atoms with Gasteiger partial charge in [-0.1, -0.05) is 182 Å². The average Bonchev–Trinajstić information content (AvgIpc) is 4.02. The number of para-hydroxylation sites is 2. The predicted molar refractivity (Wildman–Crippen MR) is 268 cm³/mol. The second kappa shape index (κ2) is 13.9. The van der Waals surface area contributed by atoms with Crippen LogP contribution in [-0.4, -0.2) is 4.57 Å². The highest BCUT2D eigenvalue weighted by Crippen LogP contribution is 2.57. The van der Waals surface area contributed by atoms with E-state index in [1.165, 1.54) is 94.1 Å². The van der Waals surface area contributed by atoms with Gasteiger partial charge >= 0.3 is 0 Å². The Morgan fingerprint density at radius 3 is 1.89 bits per heavy atom. The van der Waals surface area contributed by atoms with Gasteiger partial charge in [0, 0.05) is 39.2 Å². The molecule has 2 heteroatoms. The number of hydrogen-bond acceptors (Lipinski definition) is 1. The third kappa shape index (κ3) is 5.23. The third-order valence-corrected chi connectivity index (χ3v) is 14.7. The molecule has 304 valence electrons. The summed E-state index contributed by atoms with van der Waals surface area (Å²) in [4.78, 5) is 0.